The molecule has 0 spiro atoms. The number of hydrogen-bond donors (Lipinski definition) is 1. The molecule has 1 amide bonds. The molecule has 3 aromatic rings. The van der Waals surface area contributed by atoms with Gasteiger partial charge in [-0.1, -0.05) is 30.3 Å². The molecule has 0 aliphatic heterocycles. The van der Waals surface area contributed by atoms with Crippen LogP contribution in [0.2, 0.25) is 0 Å². The van der Waals surface area contributed by atoms with E-state index >= 15 is 0 Å². The van der Waals surface area contributed by atoms with E-state index < -0.39 is 0 Å². The van der Waals surface area contributed by atoms with Crippen LogP contribution in [0, 0.1) is 6.92 Å². The van der Waals surface area contributed by atoms with Gasteiger partial charge in [0.05, 0.1) is 10.7 Å². The SMILES string of the molecule is Cc1nc(COc2ccc(C(=O)NCCc3ccccc3)cc2)cs1. The van der Waals surface area contributed by atoms with Crippen molar-refractivity contribution in [2.45, 2.75) is 20.0 Å². The second kappa shape index (κ2) is 8.44. The molecule has 0 bridgehead atoms. The van der Waals surface area contributed by atoms with E-state index in [1.165, 1.54) is 5.56 Å². The maximum atomic E-state index is 12.2. The van der Waals surface area contributed by atoms with Gasteiger partial charge in [-0.2, -0.15) is 0 Å². The van der Waals surface area contributed by atoms with Gasteiger partial charge in [0.1, 0.15) is 12.4 Å². The van der Waals surface area contributed by atoms with Crippen LogP contribution in [0.3, 0.4) is 0 Å². The average Bonchev–Trinajstić information content (AvgIpc) is 3.06. The molecule has 0 saturated carbocycles. The second-order valence-corrected chi connectivity index (χ2v) is 6.72. The van der Waals surface area contributed by atoms with E-state index in [0.717, 1.165) is 22.9 Å². The van der Waals surface area contributed by atoms with E-state index in [1.807, 2.05) is 42.6 Å². The van der Waals surface area contributed by atoms with Crippen molar-refractivity contribution in [3.05, 3.63) is 81.8 Å². The van der Waals surface area contributed by atoms with Crippen LogP contribution < -0.4 is 10.1 Å². The van der Waals surface area contributed by atoms with E-state index in [1.54, 1.807) is 23.5 Å². The summed E-state index contributed by atoms with van der Waals surface area (Å²) >= 11 is 1.61. The molecule has 2 aromatic carbocycles. The molecule has 3 rings (SSSR count). The van der Waals surface area contributed by atoms with Crippen molar-refractivity contribution in [2.75, 3.05) is 6.54 Å². The summed E-state index contributed by atoms with van der Waals surface area (Å²) in [5, 5.41) is 5.96. The lowest BCUT2D eigenvalue weighted by Crippen LogP contribution is -2.25. The Bertz CT molecular complexity index is 813. The molecule has 4 nitrogen and oxygen atoms in total. The molecule has 0 aliphatic rings. The average molecular weight is 352 g/mol. The molecule has 1 N–H and O–H groups in total. The fraction of sp³-hybridized carbons (Fsp3) is 0.200. The number of aryl methyl sites for hydroxylation is 1. The molecule has 0 saturated heterocycles. The van der Waals surface area contributed by atoms with Gasteiger partial charge in [0.15, 0.2) is 0 Å². The fourth-order valence-electron chi connectivity index (χ4n) is 2.40. The van der Waals surface area contributed by atoms with Gasteiger partial charge >= 0.3 is 0 Å². The van der Waals surface area contributed by atoms with Crippen LogP contribution in [0.25, 0.3) is 0 Å². The Kier molecular flexibility index (Phi) is 5.80. The van der Waals surface area contributed by atoms with Crippen molar-refractivity contribution >= 4 is 17.2 Å². The Labute approximate surface area is 151 Å². The van der Waals surface area contributed by atoms with Crippen LogP contribution in [-0.4, -0.2) is 17.4 Å². The number of carbonyl (C=O) groups is 1. The van der Waals surface area contributed by atoms with Crippen LogP contribution in [0.15, 0.2) is 60.0 Å². The van der Waals surface area contributed by atoms with Crippen molar-refractivity contribution in [1.29, 1.82) is 0 Å². The molecule has 128 valence electrons. The molecular weight excluding hydrogens is 332 g/mol. The highest BCUT2D eigenvalue weighted by molar-refractivity contribution is 7.09. The zero-order valence-corrected chi connectivity index (χ0v) is 14.9. The normalized spacial score (nSPS) is 10.4. The lowest BCUT2D eigenvalue weighted by atomic mass is 10.1. The number of rotatable bonds is 7. The van der Waals surface area contributed by atoms with Gasteiger partial charge in [-0.05, 0) is 43.2 Å². The third kappa shape index (κ3) is 5.16. The number of nitrogens with zero attached hydrogens (tertiary/aromatic N) is 1. The predicted octanol–water partition coefficient (Wildman–Crippen LogP) is 4.00. The Morgan fingerprint density at radius 1 is 1.12 bits per heavy atom. The van der Waals surface area contributed by atoms with Crippen LogP contribution in [0.5, 0.6) is 5.75 Å². The third-order valence-electron chi connectivity index (χ3n) is 3.71. The number of thiazole rings is 1. The second-order valence-electron chi connectivity index (χ2n) is 5.66. The fourth-order valence-corrected chi connectivity index (χ4v) is 3.00. The van der Waals surface area contributed by atoms with Crippen molar-refractivity contribution in [3.63, 3.8) is 0 Å². The first-order valence-electron chi connectivity index (χ1n) is 8.17. The standard InChI is InChI=1S/C20H20N2O2S/c1-15-22-18(14-25-15)13-24-19-9-7-17(8-10-19)20(23)21-12-11-16-5-3-2-4-6-16/h2-10,14H,11-13H2,1H3,(H,21,23). The summed E-state index contributed by atoms with van der Waals surface area (Å²) in [5.74, 6) is 0.657. The molecule has 0 aliphatic carbocycles. The van der Waals surface area contributed by atoms with Gasteiger partial charge in [-0.3, -0.25) is 4.79 Å². The minimum Gasteiger partial charge on any atom is -0.487 e. The molecule has 5 heteroatoms. The van der Waals surface area contributed by atoms with Gasteiger partial charge in [-0.25, -0.2) is 4.98 Å². The first-order valence-corrected chi connectivity index (χ1v) is 9.05. The predicted molar refractivity (Wildman–Crippen MR) is 100 cm³/mol. The molecule has 0 atom stereocenters. The van der Waals surface area contributed by atoms with Gasteiger partial charge in [0.25, 0.3) is 5.91 Å². The Morgan fingerprint density at radius 2 is 1.88 bits per heavy atom. The Hall–Kier alpha value is -2.66. The maximum Gasteiger partial charge on any atom is 0.251 e. The van der Waals surface area contributed by atoms with E-state index in [0.29, 0.717) is 18.7 Å². The lowest BCUT2D eigenvalue weighted by molar-refractivity contribution is 0.0954. The van der Waals surface area contributed by atoms with E-state index in [2.05, 4.69) is 22.4 Å². The lowest BCUT2D eigenvalue weighted by Gasteiger charge is -2.07. The minimum atomic E-state index is -0.0717. The quantitative estimate of drug-likeness (QED) is 0.699. The molecule has 0 radical (unpaired) electrons. The van der Waals surface area contributed by atoms with Crippen molar-refractivity contribution < 1.29 is 9.53 Å². The summed E-state index contributed by atoms with van der Waals surface area (Å²) in [6.45, 7) is 3.02. The first kappa shape index (κ1) is 17.2. The van der Waals surface area contributed by atoms with Crippen LogP contribution in [0.4, 0.5) is 0 Å². The summed E-state index contributed by atoms with van der Waals surface area (Å²) in [6.07, 6.45) is 0.820. The number of nitrogens with one attached hydrogen (secondary N) is 1. The van der Waals surface area contributed by atoms with Crippen molar-refractivity contribution in [3.8, 4) is 5.75 Å². The topological polar surface area (TPSA) is 51.2 Å². The maximum absolute atomic E-state index is 12.2. The van der Waals surface area contributed by atoms with Crippen LogP contribution in [-0.2, 0) is 13.0 Å². The van der Waals surface area contributed by atoms with Crippen molar-refractivity contribution in [2.24, 2.45) is 0 Å². The summed E-state index contributed by atoms with van der Waals surface area (Å²) in [5.41, 5.74) is 2.76. The Morgan fingerprint density at radius 3 is 2.56 bits per heavy atom. The zero-order valence-electron chi connectivity index (χ0n) is 14.1. The molecule has 1 aromatic heterocycles. The number of hydrogen-bond acceptors (Lipinski definition) is 4. The van der Waals surface area contributed by atoms with Gasteiger partial charge < -0.3 is 10.1 Å². The van der Waals surface area contributed by atoms with Crippen molar-refractivity contribution in [1.82, 2.24) is 10.3 Å². The Balaban J connectivity index is 1.46. The molecule has 25 heavy (non-hydrogen) atoms. The monoisotopic (exact) mass is 352 g/mol. The third-order valence-corrected chi connectivity index (χ3v) is 4.53. The highest BCUT2D eigenvalue weighted by Gasteiger charge is 2.06. The first-order chi connectivity index (χ1) is 12.2. The van der Waals surface area contributed by atoms with Crippen LogP contribution >= 0.6 is 11.3 Å². The molecular formula is C20H20N2O2S. The van der Waals surface area contributed by atoms with Gasteiger partial charge in [0, 0.05) is 17.5 Å². The number of ether oxygens (including phenoxy) is 1. The molecule has 0 unspecified atom stereocenters. The summed E-state index contributed by atoms with van der Waals surface area (Å²) in [4.78, 5) is 16.5. The van der Waals surface area contributed by atoms with E-state index in [9.17, 15) is 4.79 Å². The van der Waals surface area contributed by atoms with Crippen LogP contribution in [0.1, 0.15) is 26.6 Å². The van der Waals surface area contributed by atoms with Gasteiger partial charge in [-0.15, -0.1) is 11.3 Å². The van der Waals surface area contributed by atoms with E-state index in [4.69, 9.17) is 4.74 Å². The summed E-state index contributed by atoms with van der Waals surface area (Å²) in [6, 6.07) is 17.3. The smallest absolute Gasteiger partial charge is 0.251 e. The minimum absolute atomic E-state index is 0.0717. The van der Waals surface area contributed by atoms with Gasteiger partial charge in [0.2, 0.25) is 0 Å². The molecule has 1 heterocycles. The number of benzene rings is 2. The highest BCUT2D eigenvalue weighted by atomic mass is 32.1. The number of amides is 1. The summed E-state index contributed by atoms with van der Waals surface area (Å²) in [7, 11) is 0. The largest absolute Gasteiger partial charge is 0.487 e. The molecule has 0 fully saturated rings. The van der Waals surface area contributed by atoms with E-state index in [-0.39, 0.29) is 5.91 Å². The number of aromatic nitrogens is 1. The summed E-state index contributed by atoms with van der Waals surface area (Å²) < 4.78 is 5.69. The highest BCUT2D eigenvalue weighted by Crippen LogP contribution is 2.15. The zero-order chi connectivity index (χ0) is 17.5. The number of carbonyl (C=O) groups excluding carboxylic acids is 1.